The lowest BCUT2D eigenvalue weighted by molar-refractivity contribution is -0.128. The summed E-state index contributed by atoms with van der Waals surface area (Å²) >= 11 is 0. The summed E-state index contributed by atoms with van der Waals surface area (Å²) in [5.41, 5.74) is 3.64. The third kappa shape index (κ3) is 14.3. The lowest BCUT2D eigenvalue weighted by Gasteiger charge is -2.17. The van der Waals surface area contributed by atoms with Gasteiger partial charge in [0.25, 0.3) is 0 Å². The molecular weight excluding hydrogens is 500 g/mol. The topological polar surface area (TPSA) is 79.5 Å². The number of aryl methyl sites for hydroxylation is 1. The van der Waals surface area contributed by atoms with Crippen LogP contribution in [0.2, 0.25) is 0 Å². The number of allylic oxidation sites excluding steroid dienone is 2. The van der Waals surface area contributed by atoms with E-state index < -0.39 is 6.04 Å². The highest BCUT2D eigenvalue weighted by Crippen LogP contribution is 2.26. The van der Waals surface area contributed by atoms with Gasteiger partial charge in [0.05, 0.1) is 6.61 Å². The molecule has 0 saturated carbocycles. The summed E-state index contributed by atoms with van der Waals surface area (Å²) < 4.78 is 18.9. The smallest absolute Gasteiger partial charge is 0.243 e. The van der Waals surface area contributed by atoms with E-state index in [2.05, 4.69) is 40.7 Å². The zero-order valence-electron chi connectivity index (χ0n) is 23.4. The number of terminal acetylenes is 1. The first-order valence-electron chi connectivity index (χ1n) is 13.6. The van der Waals surface area contributed by atoms with Crippen LogP contribution in [0.4, 0.5) is 4.39 Å². The van der Waals surface area contributed by atoms with E-state index in [1.54, 1.807) is 13.0 Å². The molecule has 3 N–H and O–H groups in total. The van der Waals surface area contributed by atoms with Gasteiger partial charge in [-0.3, -0.25) is 9.59 Å². The van der Waals surface area contributed by atoms with Crippen molar-refractivity contribution < 1.29 is 18.7 Å². The molecule has 2 unspecified atom stereocenters. The Balaban J connectivity index is 0.00000352. The summed E-state index contributed by atoms with van der Waals surface area (Å²) in [4.78, 5) is 24.8. The predicted molar refractivity (Wildman–Crippen MR) is 157 cm³/mol. The molecule has 0 fully saturated rings. The molecule has 8 heteroatoms. The second-order valence-corrected chi connectivity index (χ2v) is 9.93. The minimum absolute atomic E-state index is 0.139. The van der Waals surface area contributed by atoms with Crippen molar-refractivity contribution in [2.75, 3.05) is 32.4 Å². The van der Waals surface area contributed by atoms with Crippen molar-refractivity contribution in [1.82, 2.24) is 16.0 Å². The molecular formula is C30H45FN3O3P. The summed E-state index contributed by atoms with van der Waals surface area (Å²) in [5, 5.41) is 9.04. The van der Waals surface area contributed by atoms with Crippen LogP contribution in [0.1, 0.15) is 64.9 Å². The van der Waals surface area contributed by atoms with E-state index in [-0.39, 0.29) is 30.5 Å². The molecule has 210 valence electrons. The molecule has 1 heterocycles. The molecule has 0 aliphatic carbocycles. The van der Waals surface area contributed by atoms with Crippen LogP contribution in [-0.4, -0.2) is 50.3 Å². The first-order valence-corrected chi connectivity index (χ1v) is 14.9. The van der Waals surface area contributed by atoms with Gasteiger partial charge in [0.1, 0.15) is 17.6 Å². The lowest BCUT2D eigenvalue weighted by atomic mass is 10.1. The maximum Gasteiger partial charge on any atom is 0.243 e. The SMILES string of the molecule is C#CCC(NC(=O)CCCCOc1cc(C)cc(F)c1)C(=O)NCCCNCC1=CC(CC)=CPC1.CC. The zero-order valence-corrected chi connectivity index (χ0v) is 24.4. The van der Waals surface area contributed by atoms with Gasteiger partial charge in [-0.1, -0.05) is 46.8 Å². The molecule has 2 rings (SSSR count). The number of ether oxygens (including phenoxy) is 1. The van der Waals surface area contributed by atoms with Gasteiger partial charge in [-0.2, -0.15) is 0 Å². The summed E-state index contributed by atoms with van der Waals surface area (Å²) in [6, 6.07) is 3.80. The third-order valence-corrected chi connectivity index (χ3v) is 6.89. The number of carbonyl (C=O) groups is 2. The Kier molecular flexibility index (Phi) is 17.8. The summed E-state index contributed by atoms with van der Waals surface area (Å²) in [7, 11) is 0.868. The van der Waals surface area contributed by atoms with Gasteiger partial charge in [-0.15, -0.1) is 12.3 Å². The quantitative estimate of drug-likeness (QED) is 0.151. The van der Waals surface area contributed by atoms with Crippen molar-refractivity contribution in [2.45, 2.75) is 72.3 Å². The van der Waals surface area contributed by atoms with Crippen LogP contribution in [0, 0.1) is 25.1 Å². The van der Waals surface area contributed by atoms with E-state index in [0.717, 1.165) is 46.2 Å². The summed E-state index contributed by atoms with van der Waals surface area (Å²) in [5.74, 6) is 4.45. The van der Waals surface area contributed by atoms with E-state index in [1.807, 2.05) is 13.8 Å². The monoisotopic (exact) mass is 545 g/mol. The van der Waals surface area contributed by atoms with Gasteiger partial charge in [-0.25, -0.2) is 4.39 Å². The van der Waals surface area contributed by atoms with E-state index in [0.29, 0.717) is 31.7 Å². The Morgan fingerprint density at radius 2 is 1.97 bits per heavy atom. The fourth-order valence-corrected chi connectivity index (χ4v) is 4.88. The molecule has 1 aromatic rings. The van der Waals surface area contributed by atoms with E-state index in [1.165, 1.54) is 23.3 Å². The third-order valence-electron chi connectivity index (χ3n) is 5.65. The average Bonchev–Trinajstić information content (AvgIpc) is 2.90. The number of benzene rings is 1. The van der Waals surface area contributed by atoms with Crippen LogP contribution in [0.15, 0.2) is 41.2 Å². The van der Waals surface area contributed by atoms with Gasteiger partial charge in [0.15, 0.2) is 0 Å². The summed E-state index contributed by atoms with van der Waals surface area (Å²) in [6.45, 7) is 10.5. The molecule has 1 aromatic carbocycles. The highest BCUT2D eigenvalue weighted by atomic mass is 31.1. The Morgan fingerprint density at radius 1 is 1.18 bits per heavy atom. The molecule has 0 bridgehead atoms. The highest BCUT2D eigenvalue weighted by Gasteiger charge is 2.19. The first-order chi connectivity index (χ1) is 18.4. The maximum atomic E-state index is 13.4. The van der Waals surface area contributed by atoms with Gasteiger partial charge in [0, 0.05) is 32.0 Å². The van der Waals surface area contributed by atoms with Crippen molar-refractivity contribution in [3.05, 3.63) is 52.6 Å². The molecule has 0 aromatic heterocycles. The minimum atomic E-state index is -0.741. The average molecular weight is 546 g/mol. The number of nitrogens with one attached hydrogen (secondary N) is 3. The van der Waals surface area contributed by atoms with Gasteiger partial charge >= 0.3 is 0 Å². The van der Waals surface area contributed by atoms with Crippen molar-refractivity contribution in [1.29, 1.82) is 0 Å². The molecule has 0 saturated heterocycles. The molecule has 2 amide bonds. The fourth-order valence-electron chi connectivity index (χ4n) is 3.74. The molecule has 38 heavy (non-hydrogen) atoms. The molecule has 0 spiro atoms. The molecule has 0 radical (unpaired) electrons. The molecule has 1 aliphatic rings. The molecule has 2 atom stereocenters. The highest BCUT2D eigenvalue weighted by molar-refractivity contribution is 7.42. The van der Waals surface area contributed by atoms with Crippen LogP contribution < -0.4 is 20.7 Å². The number of unbranched alkanes of at least 4 members (excludes halogenated alkanes) is 1. The van der Waals surface area contributed by atoms with Crippen molar-refractivity contribution in [3.63, 3.8) is 0 Å². The molecule has 1 aliphatic heterocycles. The van der Waals surface area contributed by atoms with Crippen molar-refractivity contribution in [3.8, 4) is 18.1 Å². The van der Waals surface area contributed by atoms with E-state index in [9.17, 15) is 14.0 Å². The normalized spacial score (nSPS) is 13.8. The number of carbonyl (C=O) groups excluding carboxylic acids is 2. The Hall–Kier alpha value is -2.68. The van der Waals surface area contributed by atoms with Gasteiger partial charge in [-0.05, 0) is 68.6 Å². The number of amides is 2. The van der Waals surface area contributed by atoms with Crippen LogP contribution in [-0.2, 0) is 9.59 Å². The van der Waals surface area contributed by atoms with Crippen LogP contribution in [0.3, 0.4) is 0 Å². The molecule has 6 nitrogen and oxygen atoms in total. The van der Waals surface area contributed by atoms with Gasteiger partial charge in [0.2, 0.25) is 11.8 Å². The summed E-state index contributed by atoms with van der Waals surface area (Å²) in [6.07, 6.45) is 12.3. The maximum absolute atomic E-state index is 13.4. The Bertz CT molecular complexity index is 952. The fraction of sp³-hybridized carbons (Fsp3) is 0.533. The largest absolute Gasteiger partial charge is 0.493 e. The first kappa shape index (κ1) is 33.3. The Morgan fingerprint density at radius 3 is 2.68 bits per heavy atom. The van der Waals surface area contributed by atoms with Crippen LogP contribution in [0.5, 0.6) is 5.75 Å². The number of hydrogen-bond donors (Lipinski definition) is 3. The minimum Gasteiger partial charge on any atom is -0.493 e. The van der Waals surface area contributed by atoms with E-state index in [4.69, 9.17) is 11.2 Å². The van der Waals surface area contributed by atoms with Crippen LogP contribution >= 0.6 is 8.58 Å². The number of halogens is 1. The van der Waals surface area contributed by atoms with Gasteiger partial charge < -0.3 is 20.7 Å². The second kappa shape index (κ2) is 20.3. The second-order valence-electron chi connectivity index (χ2n) is 8.88. The number of rotatable bonds is 16. The number of hydrogen-bond acceptors (Lipinski definition) is 4. The van der Waals surface area contributed by atoms with Crippen molar-refractivity contribution in [2.24, 2.45) is 0 Å². The Labute approximate surface area is 230 Å². The van der Waals surface area contributed by atoms with Crippen molar-refractivity contribution >= 4 is 20.4 Å². The van der Waals surface area contributed by atoms with Crippen LogP contribution in [0.25, 0.3) is 0 Å². The zero-order chi connectivity index (χ0) is 28.2. The standard InChI is InChI=1S/C28H39FN3O3P.C2H6/c1-4-9-26(28(34)31-12-8-11-30-18-23-16-22(5-2)19-36-20-23)32-27(33)10-6-7-13-35-25-15-21(3)14-24(29)17-25;1-2/h1,14-17,19,26,30,36H,5-13,18,20H2,2-3H3,(H,31,34)(H,32,33);1-2H3. The predicted octanol–water partition coefficient (Wildman–Crippen LogP) is 5.23. The lowest BCUT2D eigenvalue weighted by Crippen LogP contribution is -2.47. The van der Waals surface area contributed by atoms with E-state index >= 15 is 0 Å².